The van der Waals surface area contributed by atoms with Crippen molar-refractivity contribution in [3.8, 4) is 5.75 Å². The number of aliphatic hydroxyl groups is 1. The van der Waals surface area contributed by atoms with Gasteiger partial charge in [-0.3, -0.25) is 0 Å². The third-order valence-corrected chi connectivity index (χ3v) is 5.00. The van der Waals surface area contributed by atoms with Gasteiger partial charge in [0.05, 0.1) is 12.2 Å². The summed E-state index contributed by atoms with van der Waals surface area (Å²) in [5, 5.41) is 11.0. The van der Waals surface area contributed by atoms with E-state index in [1.54, 1.807) is 0 Å². The van der Waals surface area contributed by atoms with Crippen LogP contribution in [0.2, 0.25) is 0 Å². The van der Waals surface area contributed by atoms with Crippen molar-refractivity contribution < 1.29 is 9.84 Å². The molecule has 2 nitrogen and oxygen atoms in total. The summed E-state index contributed by atoms with van der Waals surface area (Å²) in [5.74, 6) is 2.19. The van der Waals surface area contributed by atoms with Gasteiger partial charge >= 0.3 is 0 Å². The molecule has 0 amide bonds. The van der Waals surface area contributed by atoms with Crippen LogP contribution in [0.1, 0.15) is 36.8 Å². The van der Waals surface area contributed by atoms with E-state index in [9.17, 15) is 5.11 Å². The summed E-state index contributed by atoms with van der Waals surface area (Å²) in [7, 11) is 0. The number of ether oxygens (including phenoxy) is 1. The van der Waals surface area contributed by atoms with Crippen molar-refractivity contribution in [1.82, 2.24) is 0 Å². The van der Waals surface area contributed by atoms with Crippen molar-refractivity contribution in [1.29, 1.82) is 0 Å². The number of para-hydroxylation sites is 1. The molecule has 0 aromatic heterocycles. The van der Waals surface area contributed by atoms with Gasteiger partial charge in [-0.25, -0.2) is 0 Å². The second-order valence-electron chi connectivity index (χ2n) is 5.90. The molecule has 2 fully saturated rings. The molecule has 2 bridgehead atoms. The molecule has 1 aliphatic heterocycles. The number of rotatable bonds is 1. The molecule has 2 heteroatoms. The molecule has 4 rings (SSSR count). The fourth-order valence-corrected chi connectivity index (χ4v) is 4.19. The van der Waals surface area contributed by atoms with E-state index in [0.29, 0.717) is 5.92 Å². The van der Waals surface area contributed by atoms with E-state index in [0.717, 1.165) is 36.7 Å². The van der Waals surface area contributed by atoms with Crippen molar-refractivity contribution >= 4 is 0 Å². The lowest BCUT2D eigenvalue weighted by molar-refractivity contribution is -0.0200. The van der Waals surface area contributed by atoms with Gasteiger partial charge < -0.3 is 9.84 Å². The van der Waals surface area contributed by atoms with Crippen LogP contribution in [-0.4, -0.2) is 11.7 Å². The van der Waals surface area contributed by atoms with E-state index in [1.807, 2.05) is 0 Å². The van der Waals surface area contributed by atoms with Crippen LogP contribution in [0.3, 0.4) is 0 Å². The van der Waals surface area contributed by atoms with E-state index >= 15 is 0 Å². The van der Waals surface area contributed by atoms with E-state index in [2.05, 4.69) is 18.2 Å². The molecule has 2 aliphatic carbocycles. The SMILES string of the molecule is OC1(c2cccc3c2OCC3)CC2CCC1C2. The van der Waals surface area contributed by atoms with Gasteiger partial charge in [-0.2, -0.15) is 0 Å². The zero-order valence-corrected chi connectivity index (χ0v) is 9.98. The zero-order valence-electron chi connectivity index (χ0n) is 9.98. The fraction of sp³-hybridized carbons (Fsp3) is 0.600. The van der Waals surface area contributed by atoms with Crippen molar-refractivity contribution in [3.05, 3.63) is 29.3 Å². The lowest BCUT2D eigenvalue weighted by Crippen LogP contribution is -2.32. The maximum absolute atomic E-state index is 11.0. The highest BCUT2D eigenvalue weighted by atomic mass is 16.5. The maximum Gasteiger partial charge on any atom is 0.128 e. The first-order chi connectivity index (χ1) is 8.27. The third kappa shape index (κ3) is 1.25. The van der Waals surface area contributed by atoms with Gasteiger partial charge in [-0.15, -0.1) is 0 Å². The summed E-state index contributed by atoms with van der Waals surface area (Å²) in [6, 6.07) is 6.28. The second-order valence-corrected chi connectivity index (χ2v) is 5.90. The predicted octanol–water partition coefficient (Wildman–Crippen LogP) is 2.63. The predicted molar refractivity (Wildman–Crippen MR) is 65.0 cm³/mol. The normalized spacial score (nSPS) is 38.2. The third-order valence-electron chi connectivity index (χ3n) is 5.00. The average molecular weight is 230 g/mol. The summed E-state index contributed by atoms with van der Waals surface area (Å²) in [6.45, 7) is 0.774. The molecule has 2 saturated carbocycles. The van der Waals surface area contributed by atoms with Gasteiger partial charge in [0.2, 0.25) is 0 Å². The summed E-state index contributed by atoms with van der Waals surface area (Å²) in [5.41, 5.74) is 1.75. The van der Waals surface area contributed by atoms with E-state index in [4.69, 9.17) is 4.74 Å². The topological polar surface area (TPSA) is 29.5 Å². The first-order valence-electron chi connectivity index (χ1n) is 6.75. The Labute approximate surface area is 102 Å². The summed E-state index contributed by atoms with van der Waals surface area (Å²) < 4.78 is 5.75. The van der Waals surface area contributed by atoms with Crippen LogP contribution in [0.25, 0.3) is 0 Å². The zero-order chi connectivity index (χ0) is 11.5. The smallest absolute Gasteiger partial charge is 0.128 e. The second kappa shape index (κ2) is 3.26. The van der Waals surface area contributed by atoms with Gasteiger partial charge in [-0.05, 0) is 43.1 Å². The van der Waals surface area contributed by atoms with Gasteiger partial charge in [-0.1, -0.05) is 18.2 Å². The number of hydrogen-bond acceptors (Lipinski definition) is 2. The molecule has 3 aliphatic rings. The minimum Gasteiger partial charge on any atom is -0.493 e. The minimum absolute atomic E-state index is 0.461. The molecule has 1 N–H and O–H groups in total. The number of hydrogen-bond donors (Lipinski definition) is 1. The highest BCUT2D eigenvalue weighted by molar-refractivity contribution is 5.48. The standard InChI is InChI=1S/C15H18O2/c16-15(9-10-4-5-12(15)8-10)13-3-1-2-11-6-7-17-14(11)13/h1-3,10,12,16H,4-9H2. The average Bonchev–Trinajstić information content (AvgIpc) is 3.02. The van der Waals surface area contributed by atoms with Crippen molar-refractivity contribution in [2.45, 2.75) is 37.7 Å². The number of fused-ring (bicyclic) bond motifs is 3. The highest BCUT2D eigenvalue weighted by Gasteiger charge is 2.52. The van der Waals surface area contributed by atoms with Crippen LogP contribution in [0.5, 0.6) is 5.75 Å². The molecule has 1 aromatic rings. The number of benzene rings is 1. The molecule has 17 heavy (non-hydrogen) atoms. The summed E-state index contributed by atoms with van der Waals surface area (Å²) in [6.07, 6.45) is 5.64. The largest absolute Gasteiger partial charge is 0.493 e. The quantitative estimate of drug-likeness (QED) is 0.803. The molecule has 3 atom stereocenters. The Morgan fingerprint density at radius 3 is 3.00 bits per heavy atom. The Balaban J connectivity index is 1.83. The summed E-state index contributed by atoms with van der Waals surface area (Å²) in [4.78, 5) is 0. The van der Waals surface area contributed by atoms with Crippen LogP contribution >= 0.6 is 0 Å². The van der Waals surface area contributed by atoms with Crippen LogP contribution in [0, 0.1) is 11.8 Å². The molecule has 90 valence electrons. The highest BCUT2D eigenvalue weighted by Crippen LogP contribution is 2.57. The Bertz CT molecular complexity index is 468. The molecular weight excluding hydrogens is 212 g/mol. The molecule has 0 radical (unpaired) electrons. The van der Waals surface area contributed by atoms with Crippen LogP contribution < -0.4 is 4.74 Å². The fourth-order valence-electron chi connectivity index (χ4n) is 4.19. The molecule has 1 heterocycles. The Morgan fingerprint density at radius 1 is 1.29 bits per heavy atom. The molecule has 0 saturated heterocycles. The van der Waals surface area contributed by atoms with E-state index in [1.165, 1.54) is 24.8 Å². The van der Waals surface area contributed by atoms with Crippen molar-refractivity contribution in [2.75, 3.05) is 6.61 Å². The minimum atomic E-state index is -0.599. The van der Waals surface area contributed by atoms with E-state index < -0.39 is 5.60 Å². The molecule has 3 unspecified atom stereocenters. The van der Waals surface area contributed by atoms with Crippen LogP contribution in [0.15, 0.2) is 18.2 Å². The lowest BCUT2D eigenvalue weighted by atomic mass is 9.78. The van der Waals surface area contributed by atoms with Crippen molar-refractivity contribution in [2.24, 2.45) is 11.8 Å². The van der Waals surface area contributed by atoms with Gasteiger partial charge in [0.25, 0.3) is 0 Å². The van der Waals surface area contributed by atoms with Crippen LogP contribution in [-0.2, 0) is 12.0 Å². The molecule has 1 aromatic carbocycles. The first kappa shape index (κ1) is 9.95. The summed E-state index contributed by atoms with van der Waals surface area (Å²) >= 11 is 0. The molecule has 0 spiro atoms. The van der Waals surface area contributed by atoms with Gasteiger partial charge in [0.1, 0.15) is 5.75 Å². The Hall–Kier alpha value is -1.02. The first-order valence-corrected chi connectivity index (χ1v) is 6.75. The van der Waals surface area contributed by atoms with Crippen LogP contribution in [0.4, 0.5) is 0 Å². The maximum atomic E-state index is 11.0. The Kier molecular flexibility index (Phi) is 1.91. The van der Waals surface area contributed by atoms with Gasteiger partial charge in [0, 0.05) is 12.0 Å². The van der Waals surface area contributed by atoms with Gasteiger partial charge in [0.15, 0.2) is 0 Å². The Morgan fingerprint density at radius 2 is 2.24 bits per heavy atom. The van der Waals surface area contributed by atoms with E-state index in [-0.39, 0.29) is 0 Å². The monoisotopic (exact) mass is 230 g/mol. The van der Waals surface area contributed by atoms with Crippen molar-refractivity contribution in [3.63, 3.8) is 0 Å². The lowest BCUT2D eigenvalue weighted by Gasteiger charge is -2.34. The molecular formula is C15H18O2.